The summed E-state index contributed by atoms with van der Waals surface area (Å²) in [6.45, 7) is 14.6. The van der Waals surface area contributed by atoms with E-state index in [1.807, 2.05) is 18.5 Å². The number of pyridine rings is 1. The Balaban J connectivity index is 2.22. The van der Waals surface area contributed by atoms with Gasteiger partial charge in [0.25, 0.3) is 0 Å². The molecule has 0 atom stereocenters. The zero-order valence-corrected chi connectivity index (χ0v) is 20.9. The van der Waals surface area contributed by atoms with E-state index in [1.165, 1.54) is 11.8 Å². The van der Waals surface area contributed by atoms with Crippen molar-refractivity contribution in [3.05, 3.63) is 17.8 Å². The second kappa shape index (κ2) is 9.07. The SMILES string of the molecule is CSc1ncc2c(C#C[Si](C(C)C)(C(C)C)C(C)C)cc(N3CCCC3=O)nc2n1. The highest BCUT2D eigenvalue weighted by atomic mass is 32.2. The first-order valence-electron chi connectivity index (χ1n) is 10.8. The molecule has 5 nitrogen and oxygen atoms in total. The summed E-state index contributed by atoms with van der Waals surface area (Å²) in [7, 11) is -1.88. The minimum atomic E-state index is -1.88. The third-order valence-electron chi connectivity index (χ3n) is 6.34. The molecule has 2 aromatic heterocycles. The molecule has 2 aromatic rings. The van der Waals surface area contributed by atoms with E-state index in [1.54, 1.807) is 4.90 Å². The lowest BCUT2D eigenvalue weighted by Crippen LogP contribution is -2.43. The summed E-state index contributed by atoms with van der Waals surface area (Å²) in [4.78, 5) is 27.9. The first-order valence-corrected chi connectivity index (χ1v) is 14.2. The fourth-order valence-electron chi connectivity index (χ4n) is 4.82. The van der Waals surface area contributed by atoms with Crippen molar-refractivity contribution in [2.75, 3.05) is 17.7 Å². The van der Waals surface area contributed by atoms with Gasteiger partial charge < -0.3 is 0 Å². The lowest BCUT2D eigenvalue weighted by Gasteiger charge is -2.38. The van der Waals surface area contributed by atoms with Crippen molar-refractivity contribution in [3.63, 3.8) is 0 Å². The van der Waals surface area contributed by atoms with Crippen LogP contribution in [-0.2, 0) is 4.79 Å². The number of fused-ring (bicyclic) bond motifs is 1. The van der Waals surface area contributed by atoms with E-state index < -0.39 is 8.07 Å². The second-order valence-corrected chi connectivity index (χ2v) is 15.3. The first-order chi connectivity index (χ1) is 14.2. The maximum atomic E-state index is 12.4. The summed E-state index contributed by atoms with van der Waals surface area (Å²) in [5.74, 6) is 4.31. The van der Waals surface area contributed by atoms with E-state index >= 15 is 0 Å². The van der Waals surface area contributed by atoms with Gasteiger partial charge in [0.1, 0.15) is 13.9 Å². The van der Waals surface area contributed by atoms with Crippen LogP contribution in [0.2, 0.25) is 16.6 Å². The highest BCUT2D eigenvalue weighted by Gasteiger charge is 2.41. The number of rotatable bonds is 5. The number of aromatic nitrogens is 3. The molecule has 0 radical (unpaired) electrons. The average molecular weight is 441 g/mol. The minimum Gasteiger partial charge on any atom is -0.297 e. The van der Waals surface area contributed by atoms with Crippen molar-refractivity contribution < 1.29 is 4.79 Å². The van der Waals surface area contributed by atoms with E-state index in [9.17, 15) is 4.79 Å². The van der Waals surface area contributed by atoms with Crippen LogP contribution in [0, 0.1) is 11.5 Å². The van der Waals surface area contributed by atoms with Crippen LogP contribution in [0.5, 0.6) is 0 Å². The van der Waals surface area contributed by atoms with Gasteiger partial charge in [0.05, 0.1) is 5.39 Å². The molecule has 160 valence electrons. The standard InChI is InChI=1S/C23H32N4OSSi/c1-15(2)30(16(3)4,17(5)6)12-10-18-13-20(27-11-8-9-21(27)28)25-22-19(18)14-24-23(26-22)29-7/h13-17H,8-9,11H2,1-7H3. The Morgan fingerprint density at radius 1 is 1.10 bits per heavy atom. The number of carbonyl (C=O) groups excluding carboxylic acids is 1. The molecule has 1 saturated heterocycles. The lowest BCUT2D eigenvalue weighted by molar-refractivity contribution is -0.117. The molecular formula is C23H32N4OSSi. The van der Waals surface area contributed by atoms with Crippen LogP contribution in [0.25, 0.3) is 11.0 Å². The van der Waals surface area contributed by atoms with Crippen LogP contribution in [0.3, 0.4) is 0 Å². The van der Waals surface area contributed by atoms with E-state index in [4.69, 9.17) is 4.98 Å². The smallest absolute Gasteiger partial charge is 0.228 e. The van der Waals surface area contributed by atoms with Gasteiger partial charge in [-0.05, 0) is 35.4 Å². The minimum absolute atomic E-state index is 0.121. The molecule has 1 aliphatic rings. The summed E-state index contributed by atoms with van der Waals surface area (Å²) >= 11 is 1.49. The maximum absolute atomic E-state index is 12.4. The van der Waals surface area contributed by atoms with Crippen LogP contribution in [0.15, 0.2) is 17.4 Å². The Kier molecular flexibility index (Phi) is 6.88. The zero-order chi connectivity index (χ0) is 22.1. The predicted molar refractivity (Wildman–Crippen MR) is 129 cm³/mol. The van der Waals surface area contributed by atoms with Crippen LogP contribution >= 0.6 is 11.8 Å². The molecule has 3 heterocycles. The van der Waals surface area contributed by atoms with Crippen molar-refractivity contribution in [2.24, 2.45) is 0 Å². The Bertz CT molecular complexity index is 988. The van der Waals surface area contributed by atoms with E-state index in [-0.39, 0.29) is 5.91 Å². The quantitative estimate of drug-likeness (QED) is 0.268. The number of hydrogen-bond donors (Lipinski definition) is 0. The van der Waals surface area contributed by atoms with Gasteiger partial charge in [0.15, 0.2) is 10.8 Å². The molecular weight excluding hydrogens is 408 g/mol. The van der Waals surface area contributed by atoms with Crippen molar-refractivity contribution in [1.82, 2.24) is 15.0 Å². The van der Waals surface area contributed by atoms with Gasteiger partial charge >= 0.3 is 0 Å². The largest absolute Gasteiger partial charge is 0.297 e. The number of carbonyl (C=O) groups is 1. The third kappa shape index (κ3) is 4.13. The Labute approximate surface area is 185 Å². The van der Waals surface area contributed by atoms with Gasteiger partial charge in [0.2, 0.25) is 5.91 Å². The number of nitrogens with zero attached hydrogens (tertiary/aromatic N) is 4. The average Bonchev–Trinajstić information content (AvgIpc) is 3.12. The van der Waals surface area contributed by atoms with Crippen LogP contribution in [0.4, 0.5) is 5.82 Å². The molecule has 7 heteroatoms. The summed E-state index contributed by atoms with van der Waals surface area (Å²) in [5, 5.41) is 1.53. The van der Waals surface area contributed by atoms with E-state index in [0.29, 0.717) is 46.2 Å². The fraction of sp³-hybridized carbons (Fsp3) is 0.565. The summed E-state index contributed by atoms with van der Waals surface area (Å²) < 4.78 is 0. The molecule has 0 saturated carbocycles. The molecule has 3 rings (SSSR count). The zero-order valence-electron chi connectivity index (χ0n) is 19.1. The summed E-state index contributed by atoms with van der Waals surface area (Å²) in [6.07, 6.45) is 5.21. The molecule has 0 aromatic carbocycles. The topological polar surface area (TPSA) is 59.0 Å². The molecule has 30 heavy (non-hydrogen) atoms. The Morgan fingerprint density at radius 3 is 2.30 bits per heavy atom. The van der Waals surface area contributed by atoms with Crippen molar-refractivity contribution in [1.29, 1.82) is 0 Å². The van der Waals surface area contributed by atoms with Crippen molar-refractivity contribution in [2.45, 2.75) is 76.2 Å². The molecule has 0 spiro atoms. The van der Waals surface area contributed by atoms with Crippen LogP contribution in [-0.4, -0.2) is 41.7 Å². The summed E-state index contributed by atoms with van der Waals surface area (Å²) in [5.41, 5.74) is 6.94. The number of amides is 1. The van der Waals surface area contributed by atoms with Gasteiger partial charge in [-0.3, -0.25) is 9.69 Å². The molecule has 1 aliphatic heterocycles. The Morgan fingerprint density at radius 2 is 1.77 bits per heavy atom. The van der Waals surface area contributed by atoms with Crippen molar-refractivity contribution in [3.8, 4) is 11.5 Å². The predicted octanol–water partition coefficient (Wildman–Crippen LogP) is 5.44. The first kappa shape index (κ1) is 22.8. The second-order valence-electron chi connectivity index (χ2n) is 8.92. The summed E-state index contributed by atoms with van der Waals surface area (Å²) in [6, 6.07) is 1.96. The van der Waals surface area contributed by atoms with Gasteiger partial charge in [-0.15, -0.1) is 5.54 Å². The van der Waals surface area contributed by atoms with E-state index in [0.717, 1.165) is 17.4 Å². The van der Waals surface area contributed by atoms with Gasteiger partial charge in [-0.1, -0.05) is 59.2 Å². The van der Waals surface area contributed by atoms with Gasteiger partial charge in [0, 0.05) is 24.7 Å². The monoisotopic (exact) mass is 440 g/mol. The maximum Gasteiger partial charge on any atom is 0.228 e. The molecule has 0 N–H and O–H groups in total. The number of thioether (sulfide) groups is 1. The van der Waals surface area contributed by atoms with Crippen LogP contribution < -0.4 is 4.90 Å². The Hall–Kier alpha value is -1.91. The molecule has 1 fully saturated rings. The third-order valence-corrected chi connectivity index (χ3v) is 13.2. The number of hydrogen-bond acceptors (Lipinski definition) is 5. The normalized spacial score (nSPS) is 14.9. The molecule has 0 unspecified atom stereocenters. The fourth-order valence-corrected chi connectivity index (χ4v) is 10.4. The van der Waals surface area contributed by atoms with Crippen LogP contribution in [0.1, 0.15) is 59.9 Å². The molecule has 0 aliphatic carbocycles. The highest BCUT2D eigenvalue weighted by molar-refractivity contribution is 7.98. The lowest BCUT2D eigenvalue weighted by atomic mass is 10.2. The van der Waals surface area contributed by atoms with E-state index in [2.05, 4.69) is 63.0 Å². The van der Waals surface area contributed by atoms with Crippen molar-refractivity contribution >= 4 is 42.6 Å². The molecule has 1 amide bonds. The number of anilines is 1. The molecule has 0 bridgehead atoms. The van der Waals surface area contributed by atoms with Gasteiger partial charge in [-0.2, -0.15) is 0 Å². The highest BCUT2D eigenvalue weighted by Crippen LogP contribution is 2.41. The van der Waals surface area contributed by atoms with Gasteiger partial charge in [-0.25, -0.2) is 15.0 Å².